The monoisotopic (exact) mass is 180 g/mol. The zero-order valence-corrected chi connectivity index (χ0v) is 5.97. The molecule has 0 saturated heterocycles. The van der Waals surface area contributed by atoms with Crippen LogP contribution in [0.1, 0.15) is 0 Å². The Kier molecular flexibility index (Phi) is 10.1. The Hall–Kier alpha value is -1.63. The highest BCUT2D eigenvalue weighted by atomic mass is 16.5. The molecule has 0 unspecified atom stereocenters. The van der Waals surface area contributed by atoms with E-state index in [4.69, 9.17) is 20.1 Å². The number of carboxylic acids is 2. The van der Waals surface area contributed by atoms with E-state index in [1.165, 1.54) is 0 Å². The molecule has 0 bridgehead atoms. The van der Waals surface area contributed by atoms with Crippen molar-refractivity contribution in [2.24, 2.45) is 0 Å². The van der Waals surface area contributed by atoms with Gasteiger partial charge in [-0.05, 0) is 0 Å². The van der Waals surface area contributed by atoms with Crippen molar-refractivity contribution in [3.63, 3.8) is 0 Å². The van der Waals surface area contributed by atoms with Gasteiger partial charge in [0.2, 0.25) is 0 Å². The Balaban J connectivity index is 0. The fourth-order valence-corrected chi connectivity index (χ4v) is 0.226. The highest BCUT2D eigenvalue weighted by molar-refractivity contribution is 5.70. The van der Waals surface area contributed by atoms with E-state index in [9.17, 15) is 9.59 Å². The van der Waals surface area contributed by atoms with Gasteiger partial charge in [-0.2, -0.15) is 0 Å². The van der Waals surface area contributed by atoms with E-state index in [1.54, 1.807) is 0 Å². The van der Waals surface area contributed by atoms with Gasteiger partial charge in [0.15, 0.2) is 0 Å². The molecule has 0 spiro atoms. The number of rotatable bonds is 4. The molecule has 0 radical (unpaired) electrons. The maximum absolute atomic E-state index is 9.66. The summed E-state index contributed by atoms with van der Waals surface area (Å²) >= 11 is 0. The van der Waals surface area contributed by atoms with Crippen LogP contribution in [0.5, 0.6) is 0 Å². The van der Waals surface area contributed by atoms with Gasteiger partial charge < -0.3 is 20.1 Å². The lowest BCUT2D eigenvalue weighted by Crippen LogP contribution is -2.13. The first kappa shape index (κ1) is 13.0. The van der Waals surface area contributed by atoms with Crippen LogP contribution in [0, 0.1) is 0 Å². The smallest absolute Gasteiger partial charge is 0.329 e. The quantitative estimate of drug-likeness (QED) is 0.468. The van der Waals surface area contributed by atoms with Crippen LogP contribution in [-0.4, -0.2) is 46.9 Å². The lowest BCUT2D eigenvalue weighted by molar-refractivity contribution is -0.148. The predicted octanol–water partition coefficient (Wildman–Crippen LogP) is -1.13. The summed E-state index contributed by atoms with van der Waals surface area (Å²) in [6, 6.07) is 0. The van der Waals surface area contributed by atoms with Gasteiger partial charge in [-0.3, -0.25) is 4.79 Å². The van der Waals surface area contributed by atoms with Crippen LogP contribution in [0.3, 0.4) is 0 Å². The van der Waals surface area contributed by atoms with Crippen molar-refractivity contribution in [3.8, 4) is 0 Å². The van der Waals surface area contributed by atoms with Gasteiger partial charge in [0.1, 0.15) is 13.2 Å². The highest BCUT2D eigenvalue weighted by Crippen LogP contribution is 1.73. The number of hydrogen-bond acceptors (Lipinski definition) is 4. The van der Waals surface area contributed by atoms with E-state index in [2.05, 4.69) is 4.74 Å². The molecule has 7 nitrogen and oxygen atoms in total. The molecule has 0 fully saturated rings. The predicted molar refractivity (Wildman–Crippen MR) is 34.8 cm³/mol. The van der Waals surface area contributed by atoms with E-state index in [1.807, 2.05) is 0 Å². The summed E-state index contributed by atoms with van der Waals surface area (Å²) < 4.78 is 4.16. The van der Waals surface area contributed by atoms with Gasteiger partial charge in [-0.25, -0.2) is 9.59 Å². The Morgan fingerprint density at radius 2 is 1.42 bits per heavy atom. The average molecular weight is 180 g/mol. The fraction of sp³-hybridized carbons (Fsp3) is 0.400. The van der Waals surface area contributed by atoms with Crippen molar-refractivity contribution in [3.05, 3.63) is 0 Å². The van der Waals surface area contributed by atoms with Crippen molar-refractivity contribution in [1.82, 2.24) is 0 Å². The second-order valence-corrected chi connectivity index (χ2v) is 1.39. The summed E-state index contributed by atoms with van der Waals surface area (Å²) in [5.41, 5.74) is 0. The van der Waals surface area contributed by atoms with Crippen LogP contribution >= 0.6 is 0 Å². The van der Waals surface area contributed by atoms with Crippen LogP contribution in [0.25, 0.3) is 0 Å². The molecule has 12 heavy (non-hydrogen) atoms. The lowest BCUT2D eigenvalue weighted by atomic mass is 10.7. The largest absolute Gasteiger partial charge is 0.483 e. The second kappa shape index (κ2) is 9.37. The van der Waals surface area contributed by atoms with E-state index in [0.29, 0.717) is 0 Å². The number of carboxylic acid groups (broad SMARTS) is 3. The first-order valence-corrected chi connectivity index (χ1v) is 2.63. The van der Waals surface area contributed by atoms with E-state index < -0.39 is 25.2 Å². The van der Waals surface area contributed by atoms with E-state index in [-0.39, 0.29) is 6.47 Å². The minimum absolute atomic E-state index is 0.250. The lowest BCUT2D eigenvalue weighted by Gasteiger charge is -1.92. The van der Waals surface area contributed by atoms with Crippen molar-refractivity contribution in [2.75, 3.05) is 13.2 Å². The van der Waals surface area contributed by atoms with E-state index in [0.717, 1.165) is 0 Å². The van der Waals surface area contributed by atoms with Gasteiger partial charge in [0, 0.05) is 0 Å². The van der Waals surface area contributed by atoms with E-state index >= 15 is 0 Å². The third kappa shape index (κ3) is 23.8. The number of hydrogen-bond donors (Lipinski definition) is 3. The Morgan fingerprint density at radius 3 is 1.58 bits per heavy atom. The first-order chi connectivity index (χ1) is 5.54. The summed E-state index contributed by atoms with van der Waals surface area (Å²) in [7, 11) is 0. The summed E-state index contributed by atoms with van der Waals surface area (Å²) in [6.45, 7) is -1.38. The maximum Gasteiger partial charge on any atom is 0.329 e. The molecule has 0 heterocycles. The molecule has 0 atom stereocenters. The summed E-state index contributed by atoms with van der Waals surface area (Å²) in [5.74, 6) is -2.34. The topological polar surface area (TPSA) is 121 Å². The molecule has 0 amide bonds. The molecule has 0 saturated carbocycles. The Morgan fingerprint density at radius 1 is 1.17 bits per heavy atom. The third-order valence-corrected chi connectivity index (χ3v) is 0.451. The summed E-state index contributed by atoms with van der Waals surface area (Å²) in [4.78, 5) is 27.7. The molecule has 0 aliphatic rings. The molecule has 0 rings (SSSR count). The minimum Gasteiger partial charge on any atom is -0.483 e. The van der Waals surface area contributed by atoms with Gasteiger partial charge in [-0.1, -0.05) is 0 Å². The molecule has 70 valence electrons. The van der Waals surface area contributed by atoms with Gasteiger partial charge in [0.25, 0.3) is 6.47 Å². The Labute approximate surface area is 67.2 Å². The van der Waals surface area contributed by atoms with Crippen molar-refractivity contribution < 1.29 is 34.4 Å². The van der Waals surface area contributed by atoms with Gasteiger partial charge in [-0.15, -0.1) is 0 Å². The van der Waals surface area contributed by atoms with Gasteiger partial charge in [0.05, 0.1) is 0 Å². The van der Waals surface area contributed by atoms with Crippen LogP contribution < -0.4 is 0 Å². The SMILES string of the molecule is O=C(O)COCC(=O)O.O=CO. The van der Waals surface area contributed by atoms with Crippen LogP contribution in [0.15, 0.2) is 0 Å². The number of carbonyl (C=O) groups is 3. The normalized spacial score (nSPS) is 7.67. The fourth-order valence-electron chi connectivity index (χ4n) is 0.226. The van der Waals surface area contributed by atoms with Crippen molar-refractivity contribution in [2.45, 2.75) is 0 Å². The third-order valence-electron chi connectivity index (χ3n) is 0.451. The zero-order valence-electron chi connectivity index (χ0n) is 5.97. The minimum atomic E-state index is -1.17. The van der Waals surface area contributed by atoms with Crippen LogP contribution in [0.4, 0.5) is 0 Å². The molecule has 0 aromatic carbocycles. The average Bonchev–Trinajstić information content (AvgIpc) is 1.87. The molecule has 0 aliphatic heterocycles. The molecule has 0 aromatic heterocycles. The molecule has 0 aromatic rings. The molecule has 3 N–H and O–H groups in total. The summed E-state index contributed by atoms with van der Waals surface area (Å²) in [6.07, 6.45) is 0. The standard InChI is InChI=1S/C4H6O5.CH2O2/c5-3(6)1-9-2-4(7)8;2-1-3/h1-2H2,(H,5,6)(H,7,8);1H,(H,2,3). The van der Waals surface area contributed by atoms with Crippen molar-refractivity contribution >= 4 is 18.4 Å². The molecular formula is C5H8O7. The Bertz CT molecular complexity index is 138. The van der Waals surface area contributed by atoms with Crippen LogP contribution in [-0.2, 0) is 19.1 Å². The molecule has 7 heteroatoms. The van der Waals surface area contributed by atoms with Crippen LogP contribution in [0.2, 0.25) is 0 Å². The highest BCUT2D eigenvalue weighted by Gasteiger charge is 1.98. The number of aliphatic carboxylic acids is 2. The second-order valence-electron chi connectivity index (χ2n) is 1.39. The molecule has 0 aliphatic carbocycles. The molecular weight excluding hydrogens is 172 g/mol. The van der Waals surface area contributed by atoms with Gasteiger partial charge >= 0.3 is 11.9 Å². The number of ether oxygens (including phenoxy) is 1. The first-order valence-electron chi connectivity index (χ1n) is 2.63. The zero-order chi connectivity index (χ0) is 9.98. The van der Waals surface area contributed by atoms with Crippen molar-refractivity contribution in [1.29, 1.82) is 0 Å². The maximum atomic E-state index is 9.66. The summed E-state index contributed by atoms with van der Waals surface area (Å²) in [5, 5.41) is 22.7.